The molecule has 0 bridgehead atoms. The molecule has 5 heteroatoms. The number of benzene rings is 1. The zero-order valence-corrected chi connectivity index (χ0v) is 12.4. The minimum Gasteiger partial charge on any atom is -0.481 e. The Kier molecular flexibility index (Phi) is 5.36. The molecule has 1 amide bonds. The third-order valence-corrected chi connectivity index (χ3v) is 3.46. The highest BCUT2D eigenvalue weighted by Crippen LogP contribution is 2.21. The predicted octanol–water partition coefficient (Wildman–Crippen LogP) is 2.85. The number of aryl methyl sites for hydroxylation is 2. The van der Waals surface area contributed by atoms with Crippen molar-refractivity contribution in [3.05, 3.63) is 59.5 Å². The van der Waals surface area contributed by atoms with Crippen molar-refractivity contribution in [3.8, 4) is 0 Å². The summed E-state index contributed by atoms with van der Waals surface area (Å²) in [5.74, 6) is -0.397. The molecule has 1 aromatic carbocycles. The average Bonchev–Trinajstić information content (AvgIpc) is 2.98. The van der Waals surface area contributed by atoms with Gasteiger partial charge < -0.3 is 14.8 Å². The summed E-state index contributed by atoms with van der Waals surface area (Å²) < 4.78 is 5.18. The molecule has 2 aromatic rings. The Hall–Kier alpha value is -2.56. The number of nitrogens with one attached hydrogen (secondary N) is 1. The minimum atomic E-state index is -0.945. The summed E-state index contributed by atoms with van der Waals surface area (Å²) >= 11 is 0. The molecule has 116 valence electrons. The lowest BCUT2D eigenvalue weighted by Crippen LogP contribution is -2.30. The first-order valence-electron chi connectivity index (χ1n) is 7.15. The Bertz CT molecular complexity index is 634. The monoisotopic (exact) mass is 301 g/mol. The van der Waals surface area contributed by atoms with Crippen LogP contribution in [0, 0.1) is 6.92 Å². The normalized spacial score (nSPS) is 11.9. The van der Waals surface area contributed by atoms with Gasteiger partial charge in [-0.2, -0.15) is 0 Å². The minimum absolute atomic E-state index is 0.142. The van der Waals surface area contributed by atoms with E-state index in [1.807, 2.05) is 37.3 Å². The quantitative estimate of drug-likeness (QED) is 0.824. The number of aliphatic carboxylic acids is 1. The van der Waals surface area contributed by atoms with E-state index >= 15 is 0 Å². The number of carbonyl (C=O) groups excluding carboxylic acids is 1. The van der Waals surface area contributed by atoms with Gasteiger partial charge in [0.15, 0.2) is 0 Å². The fraction of sp³-hybridized carbons (Fsp3) is 0.294. The van der Waals surface area contributed by atoms with Gasteiger partial charge in [-0.1, -0.05) is 24.3 Å². The van der Waals surface area contributed by atoms with E-state index in [2.05, 4.69) is 5.32 Å². The van der Waals surface area contributed by atoms with Gasteiger partial charge in [-0.3, -0.25) is 9.59 Å². The van der Waals surface area contributed by atoms with Crippen LogP contribution in [-0.2, 0) is 16.0 Å². The summed E-state index contributed by atoms with van der Waals surface area (Å²) in [5, 5.41) is 11.9. The third-order valence-electron chi connectivity index (χ3n) is 3.46. The van der Waals surface area contributed by atoms with E-state index in [1.54, 1.807) is 12.3 Å². The van der Waals surface area contributed by atoms with E-state index < -0.39 is 12.0 Å². The van der Waals surface area contributed by atoms with E-state index in [9.17, 15) is 9.59 Å². The molecular formula is C17H19NO4. The smallest absolute Gasteiger partial charge is 0.305 e. The van der Waals surface area contributed by atoms with Crippen LogP contribution in [0.2, 0.25) is 0 Å². The molecule has 1 atom stereocenters. The van der Waals surface area contributed by atoms with Crippen LogP contribution in [0.25, 0.3) is 0 Å². The Morgan fingerprint density at radius 1 is 1.23 bits per heavy atom. The molecule has 0 radical (unpaired) electrons. The van der Waals surface area contributed by atoms with Crippen molar-refractivity contribution in [2.24, 2.45) is 0 Å². The highest BCUT2D eigenvalue weighted by molar-refractivity contribution is 5.78. The second kappa shape index (κ2) is 7.45. The summed E-state index contributed by atoms with van der Waals surface area (Å²) in [6.45, 7) is 1.90. The lowest BCUT2D eigenvalue weighted by atomic mass is 9.98. The topological polar surface area (TPSA) is 79.5 Å². The van der Waals surface area contributed by atoms with Crippen molar-refractivity contribution in [3.63, 3.8) is 0 Å². The third kappa shape index (κ3) is 4.48. The molecule has 5 nitrogen and oxygen atoms in total. The number of rotatable bonds is 7. The Balaban J connectivity index is 2.01. The second-order valence-electron chi connectivity index (χ2n) is 5.15. The van der Waals surface area contributed by atoms with Gasteiger partial charge in [0.1, 0.15) is 5.76 Å². The number of amides is 1. The van der Waals surface area contributed by atoms with Crippen LogP contribution in [0.15, 0.2) is 47.1 Å². The molecule has 0 aliphatic carbocycles. The van der Waals surface area contributed by atoms with E-state index in [1.165, 1.54) is 0 Å². The summed E-state index contributed by atoms with van der Waals surface area (Å²) in [6, 6.07) is 10.5. The van der Waals surface area contributed by atoms with Crippen LogP contribution < -0.4 is 5.32 Å². The van der Waals surface area contributed by atoms with Gasteiger partial charge in [-0.05, 0) is 30.2 Å². The number of hydrogen-bond acceptors (Lipinski definition) is 3. The van der Waals surface area contributed by atoms with Crippen LogP contribution in [0.1, 0.15) is 35.8 Å². The number of carbonyl (C=O) groups is 2. The predicted molar refractivity (Wildman–Crippen MR) is 81.3 cm³/mol. The molecule has 1 aromatic heterocycles. The molecule has 1 unspecified atom stereocenters. The SMILES string of the molecule is Cc1ccccc1C(CC(=O)O)NC(=O)CCc1ccco1. The van der Waals surface area contributed by atoms with Crippen LogP contribution in [0.3, 0.4) is 0 Å². The Morgan fingerprint density at radius 2 is 2.00 bits per heavy atom. The Labute approximate surface area is 129 Å². The maximum absolute atomic E-state index is 12.1. The molecule has 0 saturated heterocycles. The standard InChI is InChI=1S/C17H19NO4/c1-12-5-2-3-7-14(12)15(11-17(20)21)18-16(19)9-8-13-6-4-10-22-13/h2-7,10,15H,8-9,11H2,1H3,(H,18,19)(H,20,21). The summed E-state index contributed by atoms with van der Waals surface area (Å²) in [7, 11) is 0. The first-order chi connectivity index (χ1) is 10.6. The van der Waals surface area contributed by atoms with Gasteiger partial charge in [0.25, 0.3) is 0 Å². The zero-order valence-electron chi connectivity index (χ0n) is 12.4. The molecule has 0 saturated carbocycles. The largest absolute Gasteiger partial charge is 0.481 e. The maximum atomic E-state index is 12.1. The summed E-state index contributed by atoms with van der Waals surface area (Å²) in [4.78, 5) is 23.1. The van der Waals surface area contributed by atoms with Crippen LogP contribution in [0.4, 0.5) is 0 Å². The van der Waals surface area contributed by atoms with E-state index in [-0.39, 0.29) is 18.7 Å². The fourth-order valence-corrected chi connectivity index (χ4v) is 2.35. The van der Waals surface area contributed by atoms with Gasteiger partial charge in [-0.25, -0.2) is 0 Å². The number of carboxylic acids is 1. The lowest BCUT2D eigenvalue weighted by molar-refractivity contribution is -0.137. The van der Waals surface area contributed by atoms with Gasteiger partial charge in [0, 0.05) is 12.8 Å². The van der Waals surface area contributed by atoms with E-state index in [0.717, 1.165) is 16.9 Å². The van der Waals surface area contributed by atoms with E-state index in [0.29, 0.717) is 6.42 Å². The second-order valence-corrected chi connectivity index (χ2v) is 5.15. The molecule has 1 heterocycles. The van der Waals surface area contributed by atoms with Crippen LogP contribution in [0.5, 0.6) is 0 Å². The van der Waals surface area contributed by atoms with E-state index in [4.69, 9.17) is 9.52 Å². The van der Waals surface area contributed by atoms with Crippen LogP contribution >= 0.6 is 0 Å². The first-order valence-corrected chi connectivity index (χ1v) is 7.15. The van der Waals surface area contributed by atoms with Crippen molar-refractivity contribution in [1.29, 1.82) is 0 Å². The summed E-state index contributed by atoms with van der Waals surface area (Å²) in [5.41, 5.74) is 1.79. The van der Waals surface area contributed by atoms with Crippen molar-refractivity contribution in [2.75, 3.05) is 0 Å². The highest BCUT2D eigenvalue weighted by atomic mass is 16.4. The molecule has 2 N–H and O–H groups in total. The molecule has 0 spiro atoms. The fourth-order valence-electron chi connectivity index (χ4n) is 2.35. The molecule has 0 aliphatic heterocycles. The molecule has 22 heavy (non-hydrogen) atoms. The zero-order chi connectivity index (χ0) is 15.9. The maximum Gasteiger partial charge on any atom is 0.305 e. The van der Waals surface area contributed by atoms with Crippen LogP contribution in [-0.4, -0.2) is 17.0 Å². The number of furan rings is 1. The van der Waals surface area contributed by atoms with Crippen molar-refractivity contribution < 1.29 is 19.1 Å². The van der Waals surface area contributed by atoms with Gasteiger partial charge in [-0.15, -0.1) is 0 Å². The Morgan fingerprint density at radius 3 is 2.64 bits per heavy atom. The van der Waals surface area contributed by atoms with Gasteiger partial charge >= 0.3 is 5.97 Å². The van der Waals surface area contributed by atoms with Gasteiger partial charge in [0.2, 0.25) is 5.91 Å². The summed E-state index contributed by atoms with van der Waals surface area (Å²) in [6.07, 6.45) is 2.17. The molecule has 0 fully saturated rings. The lowest BCUT2D eigenvalue weighted by Gasteiger charge is -2.19. The highest BCUT2D eigenvalue weighted by Gasteiger charge is 2.19. The van der Waals surface area contributed by atoms with Crippen molar-refractivity contribution in [2.45, 2.75) is 32.2 Å². The number of carboxylic acid groups (broad SMARTS) is 1. The molecular weight excluding hydrogens is 282 g/mol. The average molecular weight is 301 g/mol. The number of hydrogen-bond donors (Lipinski definition) is 2. The molecule has 2 rings (SSSR count). The molecule has 0 aliphatic rings. The van der Waals surface area contributed by atoms with Crippen molar-refractivity contribution >= 4 is 11.9 Å². The van der Waals surface area contributed by atoms with Gasteiger partial charge in [0.05, 0.1) is 18.7 Å². The van der Waals surface area contributed by atoms with Crippen molar-refractivity contribution in [1.82, 2.24) is 5.32 Å². The first kappa shape index (κ1) is 15.8.